The van der Waals surface area contributed by atoms with Gasteiger partial charge in [0.05, 0.1) is 25.2 Å². The second-order valence-electron chi connectivity index (χ2n) is 7.05. The highest BCUT2D eigenvalue weighted by Gasteiger charge is 2.35. The Morgan fingerprint density at radius 2 is 2.00 bits per heavy atom. The monoisotopic (exact) mass is 361 g/mol. The zero-order valence-corrected chi connectivity index (χ0v) is 15.2. The molecule has 0 saturated carbocycles. The van der Waals surface area contributed by atoms with Gasteiger partial charge in [0.25, 0.3) is 0 Å². The van der Waals surface area contributed by atoms with E-state index < -0.39 is 6.10 Å². The standard InChI is InChI=1S/C19H27N3O4/c1-14-2-4-16(5-3-14)22-12-15(10-18(22)24)19(25)20-11-17(23)13-21-6-8-26-9-7-21/h2-5,15,17,23H,6-13H2,1H3,(H,20,25)/t15-,17-/m1/s1. The summed E-state index contributed by atoms with van der Waals surface area (Å²) in [5, 5.41) is 12.9. The van der Waals surface area contributed by atoms with Gasteiger partial charge in [-0.2, -0.15) is 0 Å². The molecule has 1 aromatic rings. The molecule has 0 unspecified atom stereocenters. The molecule has 2 aliphatic heterocycles. The average molecular weight is 361 g/mol. The van der Waals surface area contributed by atoms with Crippen molar-refractivity contribution in [2.75, 3.05) is 50.8 Å². The maximum absolute atomic E-state index is 12.4. The van der Waals surface area contributed by atoms with Gasteiger partial charge in [-0.05, 0) is 19.1 Å². The van der Waals surface area contributed by atoms with E-state index in [2.05, 4.69) is 10.2 Å². The number of nitrogens with one attached hydrogen (secondary N) is 1. The quantitative estimate of drug-likeness (QED) is 0.754. The normalized spacial score (nSPS) is 22.5. The van der Waals surface area contributed by atoms with Gasteiger partial charge in [0, 0.05) is 44.8 Å². The molecule has 2 N–H and O–H groups in total. The Kier molecular flexibility index (Phi) is 6.24. The van der Waals surface area contributed by atoms with Crippen LogP contribution in [-0.2, 0) is 14.3 Å². The van der Waals surface area contributed by atoms with Gasteiger partial charge >= 0.3 is 0 Å². The third kappa shape index (κ3) is 4.81. The summed E-state index contributed by atoms with van der Waals surface area (Å²) in [6, 6.07) is 7.72. The molecular formula is C19H27N3O4. The zero-order chi connectivity index (χ0) is 18.5. The van der Waals surface area contributed by atoms with Crippen molar-refractivity contribution in [2.24, 2.45) is 5.92 Å². The van der Waals surface area contributed by atoms with Gasteiger partial charge in [-0.1, -0.05) is 17.7 Å². The van der Waals surface area contributed by atoms with Crippen LogP contribution in [0.2, 0.25) is 0 Å². The molecule has 0 spiro atoms. The number of nitrogens with zero attached hydrogens (tertiary/aromatic N) is 2. The fraction of sp³-hybridized carbons (Fsp3) is 0.579. The van der Waals surface area contributed by atoms with E-state index in [-0.39, 0.29) is 30.7 Å². The SMILES string of the molecule is Cc1ccc(N2C[C@H](C(=O)NC[C@@H](O)CN3CCOCC3)CC2=O)cc1. The van der Waals surface area contributed by atoms with Crippen LogP contribution >= 0.6 is 0 Å². The summed E-state index contributed by atoms with van der Waals surface area (Å²) in [6.07, 6.45) is -0.415. The van der Waals surface area contributed by atoms with E-state index >= 15 is 0 Å². The highest BCUT2D eigenvalue weighted by molar-refractivity contribution is 6.00. The molecule has 0 bridgehead atoms. The summed E-state index contributed by atoms with van der Waals surface area (Å²) in [7, 11) is 0. The second-order valence-corrected chi connectivity index (χ2v) is 7.05. The minimum atomic E-state index is -0.623. The van der Waals surface area contributed by atoms with Gasteiger partial charge in [0.2, 0.25) is 11.8 Å². The van der Waals surface area contributed by atoms with Gasteiger partial charge in [0.15, 0.2) is 0 Å². The van der Waals surface area contributed by atoms with Crippen LogP contribution in [-0.4, -0.2) is 73.9 Å². The Balaban J connectivity index is 1.46. The molecule has 0 radical (unpaired) electrons. The summed E-state index contributed by atoms with van der Waals surface area (Å²) < 4.78 is 5.28. The van der Waals surface area contributed by atoms with E-state index in [0.29, 0.717) is 26.3 Å². The number of morpholine rings is 1. The highest BCUT2D eigenvalue weighted by Crippen LogP contribution is 2.25. The Bertz CT molecular complexity index is 628. The van der Waals surface area contributed by atoms with Crippen molar-refractivity contribution in [3.8, 4) is 0 Å². The number of rotatable bonds is 6. The molecule has 2 amide bonds. The number of amides is 2. The number of hydrogen-bond donors (Lipinski definition) is 2. The predicted molar refractivity (Wildman–Crippen MR) is 97.9 cm³/mol. The van der Waals surface area contributed by atoms with Crippen LogP contribution in [0.25, 0.3) is 0 Å². The van der Waals surface area contributed by atoms with Gasteiger partial charge in [-0.25, -0.2) is 0 Å². The van der Waals surface area contributed by atoms with Crippen LogP contribution in [0.4, 0.5) is 5.69 Å². The van der Waals surface area contributed by atoms with Crippen molar-refractivity contribution in [2.45, 2.75) is 19.4 Å². The van der Waals surface area contributed by atoms with Crippen molar-refractivity contribution < 1.29 is 19.4 Å². The highest BCUT2D eigenvalue weighted by atomic mass is 16.5. The van der Waals surface area contributed by atoms with E-state index in [1.54, 1.807) is 4.90 Å². The van der Waals surface area contributed by atoms with Crippen molar-refractivity contribution in [3.05, 3.63) is 29.8 Å². The van der Waals surface area contributed by atoms with Crippen molar-refractivity contribution in [1.29, 1.82) is 0 Å². The molecule has 0 aliphatic carbocycles. The molecule has 142 valence electrons. The number of ether oxygens (including phenoxy) is 1. The summed E-state index contributed by atoms with van der Waals surface area (Å²) in [6.45, 7) is 6.05. The zero-order valence-electron chi connectivity index (χ0n) is 15.2. The number of anilines is 1. The molecule has 7 heteroatoms. The number of aliphatic hydroxyl groups is 1. The molecule has 2 fully saturated rings. The minimum Gasteiger partial charge on any atom is -0.390 e. The first-order chi connectivity index (χ1) is 12.5. The smallest absolute Gasteiger partial charge is 0.227 e. The molecule has 2 heterocycles. The van der Waals surface area contributed by atoms with E-state index in [9.17, 15) is 14.7 Å². The summed E-state index contributed by atoms with van der Waals surface area (Å²) in [5.41, 5.74) is 1.95. The van der Waals surface area contributed by atoms with Crippen LogP contribution in [0.3, 0.4) is 0 Å². The number of hydrogen-bond acceptors (Lipinski definition) is 5. The van der Waals surface area contributed by atoms with Crippen molar-refractivity contribution in [3.63, 3.8) is 0 Å². The first-order valence-corrected chi connectivity index (χ1v) is 9.16. The number of carbonyl (C=O) groups excluding carboxylic acids is 2. The molecule has 3 rings (SSSR count). The van der Waals surface area contributed by atoms with Crippen molar-refractivity contribution in [1.82, 2.24) is 10.2 Å². The van der Waals surface area contributed by atoms with Crippen molar-refractivity contribution >= 4 is 17.5 Å². The molecular weight excluding hydrogens is 334 g/mol. The van der Waals surface area contributed by atoms with Crippen LogP contribution in [0.1, 0.15) is 12.0 Å². The maximum atomic E-state index is 12.4. The summed E-state index contributed by atoms with van der Waals surface area (Å²) in [5.74, 6) is -0.587. The Labute approximate surface area is 153 Å². The lowest BCUT2D eigenvalue weighted by atomic mass is 10.1. The minimum absolute atomic E-state index is 0.0390. The summed E-state index contributed by atoms with van der Waals surface area (Å²) >= 11 is 0. The Hall–Kier alpha value is -1.96. The second kappa shape index (κ2) is 8.62. The number of β-amino-alcohol motifs (C(OH)–C–C–N with tert-alkyl or cyclic N) is 1. The van der Waals surface area contributed by atoms with Gasteiger partial charge in [-0.3, -0.25) is 14.5 Å². The fourth-order valence-corrected chi connectivity index (χ4v) is 3.37. The number of aryl methyl sites for hydroxylation is 1. The lowest BCUT2D eigenvalue weighted by molar-refractivity contribution is -0.126. The van der Waals surface area contributed by atoms with Crippen LogP contribution in [0.15, 0.2) is 24.3 Å². The first-order valence-electron chi connectivity index (χ1n) is 9.16. The van der Waals surface area contributed by atoms with Gasteiger partial charge in [0.1, 0.15) is 0 Å². The van der Waals surface area contributed by atoms with E-state index in [1.807, 2.05) is 31.2 Å². The average Bonchev–Trinajstić information content (AvgIpc) is 3.03. The molecule has 2 atom stereocenters. The molecule has 2 saturated heterocycles. The van der Waals surface area contributed by atoms with Crippen LogP contribution < -0.4 is 10.2 Å². The Morgan fingerprint density at radius 1 is 1.31 bits per heavy atom. The summed E-state index contributed by atoms with van der Waals surface area (Å²) in [4.78, 5) is 28.4. The number of benzene rings is 1. The maximum Gasteiger partial charge on any atom is 0.227 e. The largest absolute Gasteiger partial charge is 0.390 e. The molecule has 26 heavy (non-hydrogen) atoms. The number of aliphatic hydroxyl groups excluding tert-OH is 1. The predicted octanol–water partition coefficient (Wildman–Crippen LogP) is 0.157. The molecule has 1 aromatic carbocycles. The van der Waals surface area contributed by atoms with E-state index in [0.717, 1.165) is 24.3 Å². The lowest BCUT2D eigenvalue weighted by Gasteiger charge is -2.28. The first kappa shape index (κ1) is 18.8. The van der Waals surface area contributed by atoms with Gasteiger partial charge in [-0.15, -0.1) is 0 Å². The molecule has 0 aromatic heterocycles. The Morgan fingerprint density at radius 3 is 2.69 bits per heavy atom. The van der Waals surface area contributed by atoms with E-state index in [4.69, 9.17) is 4.74 Å². The molecule has 7 nitrogen and oxygen atoms in total. The third-order valence-corrected chi connectivity index (χ3v) is 4.93. The topological polar surface area (TPSA) is 82.1 Å². The molecule has 2 aliphatic rings. The van der Waals surface area contributed by atoms with Crippen LogP contribution in [0, 0.1) is 12.8 Å². The third-order valence-electron chi connectivity index (χ3n) is 4.93. The number of carbonyl (C=O) groups is 2. The fourth-order valence-electron chi connectivity index (χ4n) is 3.37. The van der Waals surface area contributed by atoms with Crippen LogP contribution in [0.5, 0.6) is 0 Å². The van der Waals surface area contributed by atoms with E-state index in [1.165, 1.54) is 0 Å². The lowest BCUT2D eigenvalue weighted by Crippen LogP contribution is -2.45. The van der Waals surface area contributed by atoms with Gasteiger partial charge < -0.3 is 20.1 Å².